The predicted molar refractivity (Wildman–Crippen MR) is 67.4 cm³/mol. The second-order valence-electron chi connectivity index (χ2n) is 4.44. The minimum absolute atomic E-state index is 0.0995. The van der Waals surface area contributed by atoms with E-state index < -0.39 is 0 Å². The van der Waals surface area contributed by atoms with E-state index in [1.54, 1.807) is 24.0 Å². The molecule has 2 rings (SSSR count). The summed E-state index contributed by atoms with van der Waals surface area (Å²) >= 11 is 0. The average Bonchev–Trinajstić information content (AvgIpc) is 2.82. The molecule has 1 aromatic heterocycles. The van der Waals surface area contributed by atoms with Gasteiger partial charge in [0.25, 0.3) is 5.91 Å². The number of aromatic nitrogens is 2. The summed E-state index contributed by atoms with van der Waals surface area (Å²) in [5.74, 6) is -0.0995. The number of nitrogens with one attached hydrogen (secondary N) is 1. The summed E-state index contributed by atoms with van der Waals surface area (Å²) in [6.07, 6.45) is 2.72. The highest BCUT2D eigenvalue weighted by Gasteiger charge is 2.10. The molecule has 1 aliphatic heterocycles. The van der Waals surface area contributed by atoms with Crippen LogP contribution in [0.1, 0.15) is 16.9 Å². The summed E-state index contributed by atoms with van der Waals surface area (Å²) < 4.78 is 6.91. The first-order valence-electron chi connectivity index (χ1n) is 6.33. The Labute approximate surface area is 107 Å². The Bertz CT molecular complexity index is 385. The van der Waals surface area contributed by atoms with Gasteiger partial charge in [0.1, 0.15) is 5.69 Å². The zero-order chi connectivity index (χ0) is 12.8. The number of amides is 1. The van der Waals surface area contributed by atoms with E-state index in [0.717, 1.165) is 39.3 Å². The number of carbonyl (C=O) groups is 1. The van der Waals surface area contributed by atoms with Gasteiger partial charge in [-0.25, -0.2) is 0 Å². The Morgan fingerprint density at radius 1 is 1.50 bits per heavy atom. The normalized spacial score (nSPS) is 16.7. The molecular formula is C12H20N4O2. The van der Waals surface area contributed by atoms with Crippen LogP contribution in [0.5, 0.6) is 0 Å². The van der Waals surface area contributed by atoms with Gasteiger partial charge < -0.3 is 10.1 Å². The van der Waals surface area contributed by atoms with E-state index in [1.165, 1.54) is 0 Å². The lowest BCUT2D eigenvalue weighted by atomic mass is 10.3. The van der Waals surface area contributed by atoms with Crippen LogP contribution >= 0.6 is 0 Å². The Morgan fingerprint density at radius 2 is 2.28 bits per heavy atom. The Balaban J connectivity index is 1.61. The van der Waals surface area contributed by atoms with Gasteiger partial charge >= 0.3 is 0 Å². The van der Waals surface area contributed by atoms with Crippen molar-refractivity contribution in [1.29, 1.82) is 0 Å². The van der Waals surface area contributed by atoms with Crippen molar-refractivity contribution < 1.29 is 9.53 Å². The fraction of sp³-hybridized carbons (Fsp3) is 0.667. The van der Waals surface area contributed by atoms with Gasteiger partial charge in [0.15, 0.2) is 0 Å². The molecule has 1 N–H and O–H groups in total. The smallest absolute Gasteiger partial charge is 0.271 e. The molecule has 1 saturated heterocycles. The van der Waals surface area contributed by atoms with Crippen LogP contribution in [0.25, 0.3) is 0 Å². The third-order valence-corrected chi connectivity index (χ3v) is 2.99. The minimum Gasteiger partial charge on any atom is -0.379 e. The largest absolute Gasteiger partial charge is 0.379 e. The van der Waals surface area contributed by atoms with E-state index in [-0.39, 0.29) is 5.91 Å². The number of hydrogen-bond donors (Lipinski definition) is 1. The number of morpholine rings is 1. The summed E-state index contributed by atoms with van der Waals surface area (Å²) in [6.45, 7) is 5.32. The lowest BCUT2D eigenvalue weighted by Crippen LogP contribution is -2.38. The second-order valence-corrected chi connectivity index (χ2v) is 4.44. The van der Waals surface area contributed by atoms with Gasteiger partial charge in [0.05, 0.1) is 13.2 Å². The first-order valence-corrected chi connectivity index (χ1v) is 6.33. The highest BCUT2D eigenvalue weighted by molar-refractivity contribution is 5.92. The number of carbonyl (C=O) groups excluding carboxylic acids is 1. The van der Waals surface area contributed by atoms with Crippen LogP contribution in [0.2, 0.25) is 0 Å². The maximum absolute atomic E-state index is 11.7. The average molecular weight is 252 g/mol. The molecule has 0 atom stereocenters. The monoisotopic (exact) mass is 252 g/mol. The van der Waals surface area contributed by atoms with Crippen LogP contribution in [-0.4, -0.2) is 60.0 Å². The van der Waals surface area contributed by atoms with Crippen LogP contribution < -0.4 is 5.32 Å². The highest BCUT2D eigenvalue weighted by atomic mass is 16.5. The van der Waals surface area contributed by atoms with E-state index in [1.807, 2.05) is 0 Å². The van der Waals surface area contributed by atoms with Crippen molar-refractivity contribution in [2.45, 2.75) is 6.42 Å². The maximum atomic E-state index is 11.7. The van der Waals surface area contributed by atoms with E-state index in [9.17, 15) is 4.79 Å². The number of aryl methyl sites for hydroxylation is 1. The molecule has 100 valence electrons. The van der Waals surface area contributed by atoms with Crippen molar-refractivity contribution in [3.8, 4) is 0 Å². The molecule has 0 unspecified atom stereocenters. The number of hydrogen-bond acceptors (Lipinski definition) is 4. The molecule has 0 aromatic carbocycles. The van der Waals surface area contributed by atoms with Gasteiger partial charge in [0.2, 0.25) is 0 Å². The fourth-order valence-corrected chi connectivity index (χ4v) is 1.96. The summed E-state index contributed by atoms with van der Waals surface area (Å²) in [5, 5.41) is 6.94. The van der Waals surface area contributed by atoms with Crippen LogP contribution in [-0.2, 0) is 11.8 Å². The third kappa shape index (κ3) is 3.82. The van der Waals surface area contributed by atoms with Crippen molar-refractivity contribution in [2.24, 2.45) is 7.05 Å². The van der Waals surface area contributed by atoms with E-state index in [0.29, 0.717) is 12.2 Å². The quantitative estimate of drug-likeness (QED) is 0.742. The summed E-state index contributed by atoms with van der Waals surface area (Å²) in [5.41, 5.74) is 0.476. The van der Waals surface area contributed by atoms with E-state index in [2.05, 4.69) is 15.3 Å². The Morgan fingerprint density at radius 3 is 2.94 bits per heavy atom. The summed E-state index contributed by atoms with van der Waals surface area (Å²) in [6, 6.07) is 1.72. The molecule has 0 bridgehead atoms. The van der Waals surface area contributed by atoms with Crippen molar-refractivity contribution >= 4 is 5.91 Å². The van der Waals surface area contributed by atoms with Crippen molar-refractivity contribution in [3.63, 3.8) is 0 Å². The van der Waals surface area contributed by atoms with Crippen molar-refractivity contribution in [3.05, 3.63) is 18.0 Å². The Kier molecular flexibility index (Phi) is 4.72. The third-order valence-electron chi connectivity index (χ3n) is 2.99. The fourth-order valence-electron chi connectivity index (χ4n) is 1.96. The number of rotatable bonds is 5. The van der Waals surface area contributed by atoms with E-state index in [4.69, 9.17) is 4.74 Å². The van der Waals surface area contributed by atoms with Gasteiger partial charge in [-0.05, 0) is 19.0 Å². The SMILES string of the molecule is Cn1ccc(C(=O)NCCCN2CCOCC2)n1. The molecule has 1 aliphatic rings. The molecule has 0 radical (unpaired) electrons. The standard InChI is InChI=1S/C12H20N4O2/c1-15-6-3-11(14-15)12(17)13-4-2-5-16-7-9-18-10-8-16/h3,6H,2,4-5,7-10H2,1H3,(H,13,17). The highest BCUT2D eigenvalue weighted by Crippen LogP contribution is 1.98. The summed E-state index contributed by atoms with van der Waals surface area (Å²) in [4.78, 5) is 14.0. The first-order chi connectivity index (χ1) is 8.75. The predicted octanol–water partition coefficient (Wildman–Crippen LogP) is -0.128. The van der Waals surface area contributed by atoms with Crippen LogP contribution in [0.4, 0.5) is 0 Å². The molecule has 1 fully saturated rings. The Hall–Kier alpha value is -1.40. The minimum atomic E-state index is -0.0995. The zero-order valence-corrected chi connectivity index (χ0v) is 10.8. The summed E-state index contributed by atoms with van der Waals surface area (Å²) in [7, 11) is 1.80. The van der Waals surface area contributed by atoms with Gasteiger partial charge in [0, 0.05) is 32.9 Å². The number of ether oxygens (including phenoxy) is 1. The topological polar surface area (TPSA) is 59.4 Å². The molecule has 0 spiro atoms. The lowest BCUT2D eigenvalue weighted by molar-refractivity contribution is 0.0374. The molecule has 0 aliphatic carbocycles. The molecule has 18 heavy (non-hydrogen) atoms. The molecule has 2 heterocycles. The molecule has 1 aromatic rings. The van der Waals surface area contributed by atoms with Crippen LogP contribution in [0.15, 0.2) is 12.3 Å². The lowest BCUT2D eigenvalue weighted by Gasteiger charge is -2.26. The first kappa shape index (κ1) is 13.0. The van der Waals surface area contributed by atoms with Crippen LogP contribution in [0, 0.1) is 0 Å². The van der Waals surface area contributed by atoms with Gasteiger partial charge in [-0.1, -0.05) is 0 Å². The second kappa shape index (κ2) is 6.51. The van der Waals surface area contributed by atoms with Gasteiger partial charge in [-0.15, -0.1) is 0 Å². The zero-order valence-electron chi connectivity index (χ0n) is 10.8. The molecule has 0 saturated carbocycles. The van der Waals surface area contributed by atoms with Gasteiger partial charge in [-0.3, -0.25) is 14.4 Å². The van der Waals surface area contributed by atoms with Crippen molar-refractivity contribution in [2.75, 3.05) is 39.4 Å². The number of nitrogens with zero attached hydrogens (tertiary/aromatic N) is 3. The molecule has 6 nitrogen and oxygen atoms in total. The molecule has 1 amide bonds. The van der Waals surface area contributed by atoms with E-state index >= 15 is 0 Å². The van der Waals surface area contributed by atoms with Crippen molar-refractivity contribution in [1.82, 2.24) is 20.0 Å². The molecule has 6 heteroatoms. The maximum Gasteiger partial charge on any atom is 0.271 e. The van der Waals surface area contributed by atoms with Crippen LogP contribution in [0.3, 0.4) is 0 Å². The van der Waals surface area contributed by atoms with Gasteiger partial charge in [-0.2, -0.15) is 5.10 Å². The molecular weight excluding hydrogens is 232 g/mol.